The first-order valence-electron chi connectivity index (χ1n) is 8.07. The van der Waals surface area contributed by atoms with Gasteiger partial charge in [-0.3, -0.25) is 0 Å². The van der Waals surface area contributed by atoms with Crippen molar-refractivity contribution < 1.29 is 0 Å². The van der Waals surface area contributed by atoms with E-state index in [1.807, 2.05) is 79.0 Å². The molecule has 0 radical (unpaired) electrons. The molecule has 2 aromatic heterocycles. The molecule has 2 aromatic carbocycles. The van der Waals surface area contributed by atoms with Crippen LogP contribution in [0, 0.1) is 13.8 Å². The maximum atomic E-state index is 6.15. The highest BCUT2D eigenvalue weighted by atomic mass is 35.5. The fourth-order valence-corrected chi connectivity index (χ4v) is 3.10. The Kier molecular flexibility index (Phi) is 3.90. The zero-order valence-corrected chi connectivity index (χ0v) is 14.7. The average Bonchev–Trinajstić information content (AvgIpc) is 2.93. The number of para-hydroxylation sites is 1. The van der Waals surface area contributed by atoms with E-state index in [1.54, 1.807) is 0 Å². The molecular formula is C20H17ClN4. The van der Waals surface area contributed by atoms with Gasteiger partial charge in [-0.25, -0.2) is 4.98 Å². The summed E-state index contributed by atoms with van der Waals surface area (Å²) in [5.41, 5.74) is 5.68. The largest absolute Gasteiger partial charge is 0.340 e. The molecule has 124 valence electrons. The highest BCUT2D eigenvalue weighted by molar-refractivity contribution is 6.30. The van der Waals surface area contributed by atoms with Crippen LogP contribution in [0.4, 0.5) is 11.5 Å². The van der Waals surface area contributed by atoms with Crippen molar-refractivity contribution in [1.29, 1.82) is 0 Å². The van der Waals surface area contributed by atoms with Crippen LogP contribution in [0.3, 0.4) is 0 Å². The number of aryl methyl sites for hydroxylation is 2. The lowest BCUT2D eigenvalue weighted by Gasteiger charge is -2.09. The van der Waals surface area contributed by atoms with Gasteiger partial charge in [0.2, 0.25) is 0 Å². The number of nitrogens with one attached hydrogen (secondary N) is 1. The summed E-state index contributed by atoms with van der Waals surface area (Å²) < 4.78 is 1.85. The second-order valence-electron chi connectivity index (χ2n) is 5.99. The topological polar surface area (TPSA) is 42.2 Å². The lowest BCUT2D eigenvalue weighted by molar-refractivity contribution is 0.941. The van der Waals surface area contributed by atoms with Crippen LogP contribution in [-0.4, -0.2) is 14.6 Å². The van der Waals surface area contributed by atoms with Crippen molar-refractivity contribution in [3.8, 4) is 11.3 Å². The first kappa shape index (κ1) is 15.7. The van der Waals surface area contributed by atoms with Crippen molar-refractivity contribution in [2.45, 2.75) is 13.8 Å². The number of rotatable bonds is 3. The third-order valence-corrected chi connectivity index (χ3v) is 4.33. The van der Waals surface area contributed by atoms with Gasteiger partial charge in [0.05, 0.1) is 5.69 Å². The number of fused-ring (bicyclic) bond motifs is 1. The molecule has 0 aliphatic rings. The molecule has 0 amide bonds. The summed E-state index contributed by atoms with van der Waals surface area (Å²) in [6.45, 7) is 4.03. The van der Waals surface area contributed by atoms with E-state index in [0.717, 1.165) is 39.7 Å². The molecule has 0 aliphatic heterocycles. The van der Waals surface area contributed by atoms with Crippen LogP contribution in [0.25, 0.3) is 16.9 Å². The Bertz CT molecular complexity index is 1050. The zero-order chi connectivity index (χ0) is 17.4. The highest BCUT2D eigenvalue weighted by Crippen LogP contribution is 2.29. The fraction of sp³-hybridized carbons (Fsp3) is 0.100. The summed E-state index contributed by atoms with van der Waals surface area (Å²) in [7, 11) is 0. The van der Waals surface area contributed by atoms with Gasteiger partial charge in [-0.1, -0.05) is 41.9 Å². The molecule has 4 rings (SSSR count). The van der Waals surface area contributed by atoms with E-state index in [1.165, 1.54) is 0 Å². The molecule has 4 nitrogen and oxygen atoms in total. The fourth-order valence-electron chi connectivity index (χ4n) is 2.91. The minimum Gasteiger partial charge on any atom is -0.340 e. The van der Waals surface area contributed by atoms with Gasteiger partial charge in [0.25, 0.3) is 0 Å². The Hall–Kier alpha value is -2.85. The van der Waals surface area contributed by atoms with Gasteiger partial charge >= 0.3 is 0 Å². The molecule has 0 aliphatic carbocycles. The van der Waals surface area contributed by atoms with E-state index in [4.69, 9.17) is 16.7 Å². The van der Waals surface area contributed by atoms with Crippen LogP contribution in [0.5, 0.6) is 0 Å². The van der Waals surface area contributed by atoms with Crippen LogP contribution >= 0.6 is 11.6 Å². The third kappa shape index (κ3) is 2.96. The molecule has 0 unspecified atom stereocenters. The molecule has 0 spiro atoms. The third-order valence-electron chi connectivity index (χ3n) is 4.09. The molecule has 0 atom stereocenters. The maximum Gasteiger partial charge on any atom is 0.161 e. The normalized spacial score (nSPS) is 11.0. The SMILES string of the molecule is Cc1cc(Nc2ccccc2)n2nc(-c3cccc(Cl)c3)c(C)c2n1. The van der Waals surface area contributed by atoms with Gasteiger partial charge in [0.15, 0.2) is 5.65 Å². The van der Waals surface area contributed by atoms with Crippen molar-refractivity contribution in [2.24, 2.45) is 0 Å². The molecule has 2 heterocycles. The van der Waals surface area contributed by atoms with Crippen LogP contribution in [0.15, 0.2) is 60.7 Å². The second-order valence-corrected chi connectivity index (χ2v) is 6.43. The zero-order valence-electron chi connectivity index (χ0n) is 14.0. The molecular weight excluding hydrogens is 332 g/mol. The van der Waals surface area contributed by atoms with Gasteiger partial charge in [-0.15, -0.1) is 0 Å². The summed E-state index contributed by atoms with van der Waals surface area (Å²) in [5, 5.41) is 8.91. The summed E-state index contributed by atoms with van der Waals surface area (Å²) >= 11 is 6.15. The van der Waals surface area contributed by atoms with Crippen LogP contribution < -0.4 is 5.32 Å². The minimum absolute atomic E-state index is 0.695. The van der Waals surface area contributed by atoms with E-state index >= 15 is 0 Å². The summed E-state index contributed by atoms with van der Waals surface area (Å²) in [4.78, 5) is 4.67. The van der Waals surface area contributed by atoms with Gasteiger partial charge < -0.3 is 5.32 Å². The quantitative estimate of drug-likeness (QED) is 0.538. The lowest BCUT2D eigenvalue weighted by Crippen LogP contribution is -2.02. The molecule has 1 N–H and O–H groups in total. The monoisotopic (exact) mass is 348 g/mol. The smallest absolute Gasteiger partial charge is 0.161 e. The molecule has 4 aromatic rings. The predicted octanol–water partition coefficient (Wildman–Crippen LogP) is 5.41. The molecule has 25 heavy (non-hydrogen) atoms. The number of hydrogen-bond donors (Lipinski definition) is 1. The standard InChI is InChI=1S/C20H17ClN4/c1-13-11-18(23-17-9-4-3-5-10-17)25-20(22-13)14(2)19(24-25)15-7-6-8-16(21)12-15/h3-12,23H,1-2H3. The maximum absolute atomic E-state index is 6.15. The summed E-state index contributed by atoms with van der Waals surface area (Å²) in [5.74, 6) is 0.880. The van der Waals surface area contributed by atoms with E-state index in [0.29, 0.717) is 5.02 Å². The Balaban J connectivity index is 1.89. The van der Waals surface area contributed by atoms with E-state index in [2.05, 4.69) is 10.3 Å². The molecule has 0 fully saturated rings. The number of hydrogen-bond acceptors (Lipinski definition) is 3. The molecule has 0 saturated heterocycles. The number of benzene rings is 2. The second kappa shape index (κ2) is 6.22. The Morgan fingerprint density at radius 1 is 0.960 bits per heavy atom. The van der Waals surface area contributed by atoms with Crippen molar-refractivity contribution >= 4 is 28.8 Å². The van der Waals surface area contributed by atoms with E-state index in [9.17, 15) is 0 Å². The van der Waals surface area contributed by atoms with Crippen LogP contribution in [-0.2, 0) is 0 Å². The molecule has 5 heteroatoms. The Morgan fingerprint density at radius 2 is 1.76 bits per heavy atom. The minimum atomic E-state index is 0.695. The average molecular weight is 349 g/mol. The molecule has 0 saturated carbocycles. The predicted molar refractivity (Wildman–Crippen MR) is 103 cm³/mol. The molecule has 0 bridgehead atoms. The first-order valence-corrected chi connectivity index (χ1v) is 8.44. The number of aromatic nitrogens is 3. The number of nitrogens with zero attached hydrogens (tertiary/aromatic N) is 3. The van der Waals surface area contributed by atoms with Crippen molar-refractivity contribution in [3.05, 3.63) is 76.9 Å². The lowest BCUT2D eigenvalue weighted by atomic mass is 10.1. The number of anilines is 2. The summed E-state index contributed by atoms with van der Waals surface area (Å²) in [6, 6.07) is 19.8. The van der Waals surface area contributed by atoms with Crippen molar-refractivity contribution in [3.63, 3.8) is 0 Å². The summed E-state index contributed by atoms with van der Waals surface area (Å²) in [6.07, 6.45) is 0. The van der Waals surface area contributed by atoms with Gasteiger partial charge in [0.1, 0.15) is 5.82 Å². The van der Waals surface area contributed by atoms with E-state index < -0.39 is 0 Å². The highest BCUT2D eigenvalue weighted by Gasteiger charge is 2.15. The van der Waals surface area contributed by atoms with Gasteiger partial charge in [-0.05, 0) is 38.1 Å². The Labute approximate surface area is 151 Å². The number of halogens is 1. The Morgan fingerprint density at radius 3 is 2.52 bits per heavy atom. The van der Waals surface area contributed by atoms with Crippen molar-refractivity contribution in [1.82, 2.24) is 14.6 Å². The van der Waals surface area contributed by atoms with Crippen molar-refractivity contribution in [2.75, 3.05) is 5.32 Å². The first-order chi connectivity index (χ1) is 12.1. The van der Waals surface area contributed by atoms with E-state index in [-0.39, 0.29) is 0 Å². The van der Waals surface area contributed by atoms with Gasteiger partial charge in [0, 0.05) is 33.6 Å². The van der Waals surface area contributed by atoms with Crippen LogP contribution in [0.1, 0.15) is 11.3 Å². The van der Waals surface area contributed by atoms with Crippen LogP contribution in [0.2, 0.25) is 5.02 Å². The van der Waals surface area contributed by atoms with Gasteiger partial charge in [-0.2, -0.15) is 9.61 Å².